The molecule has 190 valence electrons. The zero-order valence-corrected chi connectivity index (χ0v) is 21.7. The lowest BCUT2D eigenvalue weighted by atomic mass is 9.57. The van der Waals surface area contributed by atoms with Crippen LogP contribution in [0.3, 0.4) is 0 Å². The van der Waals surface area contributed by atoms with Gasteiger partial charge in [0.15, 0.2) is 0 Å². The van der Waals surface area contributed by atoms with Gasteiger partial charge in [-0.3, -0.25) is 4.68 Å². The van der Waals surface area contributed by atoms with Crippen LogP contribution in [0.5, 0.6) is 0 Å². The Labute approximate surface area is 211 Å². The van der Waals surface area contributed by atoms with Crippen LogP contribution in [-0.4, -0.2) is 46.2 Å². The minimum absolute atomic E-state index is 0. The van der Waals surface area contributed by atoms with Crippen LogP contribution in [0.4, 0.5) is 11.5 Å². The number of nitrogens with one attached hydrogen (secondary N) is 3. The molecule has 4 saturated carbocycles. The van der Waals surface area contributed by atoms with Crippen molar-refractivity contribution < 1.29 is 1.43 Å². The number of anilines is 2. The summed E-state index contributed by atoms with van der Waals surface area (Å²) in [4.78, 5) is 7.00. The molecular formula is C28H43N7. The number of hydrogen-bond acceptors (Lipinski definition) is 6. The number of rotatable bonds is 7. The van der Waals surface area contributed by atoms with Gasteiger partial charge in [-0.15, -0.1) is 0 Å². The van der Waals surface area contributed by atoms with Crippen LogP contribution in [0.25, 0.3) is 0 Å². The molecule has 7 rings (SSSR count). The van der Waals surface area contributed by atoms with Gasteiger partial charge in [-0.1, -0.05) is 6.42 Å². The molecule has 3 heterocycles. The summed E-state index contributed by atoms with van der Waals surface area (Å²) >= 11 is 0. The maximum atomic E-state index is 8.01. The molecule has 5 aliphatic rings. The molecule has 7 heteroatoms. The van der Waals surface area contributed by atoms with Crippen molar-refractivity contribution in [2.45, 2.75) is 103 Å². The predicted molar refractivity (Wildman–Crippen MR) is 144 cm³/mol. The molecule has 0 spiro atoms. The van der Waals surface area contributed by atoms with E-state index in [-0.39, 0.29) is 1.43 Å². The molecule has 2 aromatic heterocycles. The zero-order chi connectivity index (χ0) is 24.2. The Morgan fingerprint density at radius 1 is 1.17 bits per heavy atom. The number of fused-ring (bicyclic) bond motifs is 4. The molecule has 4 fully saturated rings. The number of nitrogens with zero attached hydrogens (tertiary/aromatic N) is 4. The second kappa shape index (κ2) is 8.61. The molecule has 7 nitrogen and oxygen atoms in total. The lowest BCUT2D eigenvalue weighted by Crippen LogP contribution is -2.59. The van der Waals surface area contributed by atoms with Crippen molar-refractivity contribution >= 4 is 17.7 Å². The highest BCUT2D eigenvalue weighted by Crippen LogP contribution is 2.54. The topological polar surface area (TPSA) is 81.9 Å². The smallest absolute Gasteiger partial charge is 0.136 e. The Hall–Kier alpha value is -2.41. The average molecular weight is 478 g/mol. The maximum absolute atomic E-state index is 8.01. The van der Waals surface area contributed by atoms with E-state index >= 15 is 0 Å². The summed E-state index contributed by atoms with van der Waals surface area (Å²) in [6, 6.07) is 2.92. The van der Waals surface area contributed by atoms with Gasteiger partial charge >= 0.3 is 0 Å². The quantitative estimate of drug-likeness (QED) is 0.490. The molecule has 0 radical (unpaired) electrons. The summed E-state index contributed by atoms with van der Waals surface area (Å²) in [6.45, 7) is 7.11. The Morgan fingerprint density at radius 3 is 2.54 bits per heavy atom. The zero-order valence-electron chi connectivity index (χ0n) is 21.7. The first-order valence-electron chi connectivity index (χ1n) is 13.7. The summed E-state index contributed by atoms with van der Waals surface area (Å²) in [5.41, 5.74) is 7.82. The van der Waals surface area contributed by atoms with Gasteiger partial charge in [0.25, 0.3) is 0 Å². The van der Waals surface area contributed by atoms with Crippen molar-refractivity contribution in [2.75, 3.05) is 23.8 Å². The fourth-order valence-electron chi connectivity index (χ4n) is 7.28. The molecule has 4 aliphatic carbocycles. The first-order valence-corrected chi connectivity index (χ1v) is 13.7. The van der Waals surface area contributed by atoms with Gasteiger partial charge in [0.2, 0.25) is 0 Å². The highest BCUT2D eigenvalue weighted by atomic mass is 15.3. The van der Waals surface area contributed by atoms with E-state index in [0.717, 1.165) is 54.9 Å². The normalized spacial score (nSPS) is 28.0. The second-order valence-electron chi connectivity index (χ2n) is 11.8. The third kappa shape index (κ3) is 3.96. The van der Waals surface area contributed by atoms with E-state index in [1.807, 2.05) is 14.0 Å². The third-order valence-corrected chi connectivity index (χ3v) is 9.72. The lowest BCUT2D eigenvalue weighted by molar-refractivity contribution is -0.00329. The predicted octanol–water partition coefficient (Wildman–Crippen LogP) is 4.98. The van der Waals surface area contributed by atoms with Gasteiger partial charge in [-0.25, -0.2) is 4.98 Å². The Morgan fingerprint density at radius 2 is 1.91 bits per heavy atom. The van der Waals surface area contributed by atoms with Crippen LogP contribution in [0.15, 0.2) is 6.07 Å². The standard InChI is InChI=1S/C28H41N7.H2/c1-19-15-25(22(16-29)26(30-3)31-19)34-14-7-24-23(17-34)20(2)33-35(24)18-27-8-11-28(12-9-27,13-10-27)32-21-5-4-6-21;/h15-16,21,29,32H,4-14,17-18H2,1-3H3,(H,30,31);1H. The van der Waals surface area contributed by atoms with Gasteiger partial charge in [0, 0.05) is 69.3 Å². The van der Waals surface area contributed by atoms with E-state index in [1.165, 1.54) is 81.0 Å². The minimum Gasteiger partial charge on any atom is -0.373 e. The molecule has 0 aromatic carbocycles. The van der Waals surface area contributed by atoms with Crippen molar-refractivity contribution in [3.63, 3.8) is 0 Å². The average Bonchev–Trinajstić information content (AvgIpc) is 3.16. The first kappa shape index (κ1) is 23.0. The molecule has 2 aromatic rings. The number of pyridine rings is 1. The van der Waals surface area contributed by atoms with E-state index in [2.05, 4.69) is 38.2 Å². The molecule has 0 unspecified atom stereocenters. The van der Waals surface area contributed by atoms with E-state index < -0.39 is 0 Å². The highest BCUT2D eigenvalue weighted by molar-refractivity contribution is 5.92. The van der Waals surface area contributed by atoms with Crippen LogP contribution in [0.1, 0.15) is 87.4 Å². The van der Waals surface area contributed by atoms with Gasteiger partial charge in [-0.2, -0.15) is 5.10 Å². The second-order valence-corrected chi connectivity index (χ2v) is 11.8. The summed E-state index contributed by atoms with van der Waals surface area (Å²) in [5.74, 6) is 0.782. The van der Waals surface area contributed by atoms with Crippen LogP contribution in [0, 0.1) is 24.7 Å². The van der Waals surface area contributed by atoms with Crippen molar-refractivity contribution in [3.8, 4) is 0 Å². The molecule has 0 amide bonds. The lowest BCUT2D eigenvalue weighted by Gasteiger charge is -2.55. The summed E-state index contributed by atoms with van der Waals surface area (Å²) in [7, 11) is 1.88. The van der Waals surface area contributed by atoms with Crippen LogP contribution >= 0.6 is 0 Å². The van der Waals surface area contributed by atoms with Crippen LogP contribution < -0.4 is 15.5 Å². The van der Waals surface area contributed by atoms with Gasteiger partial charge in [0.05, 0.1) is 16.9 Å². The number of aromatic nitrogens is 3. The van der Waals surface area contributed by atoms with Crippen LogP contribution in [-0.2, 0) is 19.5 Å². The maximum Gasteiger partial charge on any atom is 0.136 e. The SMILES string of the molecule is CNc1nc(C)cc(N2CCc3c(c(C)nn3CC34CCC(NC5CCC5)(CC3)CC4)C2)c1C=N.[HH]. The molecular weight excluding hydrogens is 434 g/mol. The van der Waals surface area contributed by atoms with Crippen molar-refractivity contribution in [1.82, 2.24) is 20.1 Å². The third-order valence-electron chi connectivity index (χ3n) is 9.72. The van der Waals surface area contributed by atoms with Gasteiger partial charge in [0.1, 0.15) is 5.82 Å². The molecule has 2 bridgehead atoms. The largest absolute Gasteiger partial charge is 0.373 e. The highest BCUT2D eigenvalue weighted by Gasteiger charge is 2.50. The molecule has 0 saturated heterocycles. The van der Waals surface area contributed by atoms with E-state index in [0.29, 0.717) is 11.0 Å². The molecule has 1 aliphatic heterocycles. The first-order chi connectivity index (χ1) is 16.9. The van der Waals surface area contributed by atoms with Crippen LogP contribution in [0.2, 0.25) is 0 Å². The van der Waals surface area contributed by atoms with Gasteiger partial charge in [-0.05, 0) is 76.7 Å². The van der Waals surface area contributed by atoms with Gasteiger partial charge < -0.3 is 20.9 Å². The summed E-state index contributed by atoms with van der Waals surface area (Å²) in [5, 5.41) is 20.4. The van der Waals surface area contributed by atoms with Crippen molar-refractivity contribution in [2.24, 2.45) is 5.41 Å². The Balaban J connectivity index is 0.00000267. The fourth-order valence-corrected chi connectivity index (χ4v) is 7.28. The van der Waals surface area contributed by atoms with E-state index in [4.69, 9.17) is 10.5 Å². The molecule has 0 atom stereocenters. The number of hydrogen-bond donors (Lipinski definition) is 3. The minimum atomic E-state index is 0. The van der Waals surface area contributed by atoms with Crippen molar-refractivity contribution in [1.29, 1.82) is 5.41 Å². The fraction of sp³-hybridized carbons (Fsp3) is 0.679. The number of aryl methyl sites for hydroxylation is 2. The monoisotopic (exact) mass is 477 g/mol. The van der Waals surface area contributed by atoms with E-state index in [1.54, 1.807) is 0 Å². The Kier molecular flexibility index (Phi) is 5.66. The summed E-state index contributed by atoms with van der Waals surface area (Å²) in [6.07, 6.45) is 14.7. The molecule has 35 heavy (non-hydrogen) atoms. The molecule has 3 N–H and O–H groups in total. The van der Waals surface area contributed by atoms with Crippen molar-refractivity contribution in [3.05, 3.63) is 34.3 Å². The van der Waals surface area contributed by atoms with E-state index in [9.17, 15) is 0 Å². The summed E-state index contributed by atoms with van der Waals surface area (Å²) < 4.78 is 2.40. The Bertz CT molecular complexity index is 1110.